The van der Waals surface area contributed by atoms with Gasteiger partial charge in [0, 0.05) is 0 Å². The molecule has 0 aliphatic heterocycles. The lowest BCUT2D eigenvalue weighted by Gasteiger charge is -2.25. The van der Waals surface area contributed by atoms with Crippen LogP contribution in [0.25, 0.3) is 0 Å². The third kappa shape index (κ3) is 11.7. The zero-order valence-electron chi connectivity index (χ0n) is 18.5. The van der Waals surface area contributed by atoms with Crippen molar-refractivity contribution in [2.45, 2.75) is 117 Å². The Morgan fingerprint density at radius 3 is 1.39 bits per heavy atom. The van der Waals surface area contributed by atoms with E-state index in [4.69, 9.17) is 9.47 Å². The van der Waals surface area contributed by atoms with Gasteiger partial charge in [-0.1, -0.05) is 78.1 Å². The van der Waals surface area contributed by atoms with Gasteiger partial charge < -0.3 is 9.47 Å². The minimum atomic E-state index is -0.0883. The van der Waals surface area contributed by atoms with Gasteiger partial charge in [0.25, 0.3) is 0 Å². The lowest BCUT2D eigenvalue weighted by atomic mass is 9.82. The molecule has 0 unspecified atom stereocenters. The first-order chi connectivity index (χ1) is 13.7. The molecular formula is C24H44O4. The highest BCUT2D eigenvalue weighted by molar-refractivity contribution is 5.75. The molecule has 164 valence electrons. The second-order valence-electron chi connectivity index (χ2n) is 8.42. The molecule has 0 spiro atoms. The minimum absolute atomic E-state index is 0.0251. The molecule has 0 aromatic carbocycles. The monoisotopic (exact) mass is 396 g/mol. The van der Waals surface area contributed by atoms with Crippen molar-refractivity contribution in [2.75, 3.05) is 13.2 Å². The summed E-state index contributed by atoms with van der Waals surface area (Å²) in [5.41, 5.74) is 0. The van der Waals surface area contributed by atoms with E-state index in [0.29, 0.717) is 13.2 Å². The van der Waals surface area contributed by atoms with Gasteiger partial charge in [-0.15, -0.1) is 0 Å². The number of unbranched alkanes of at least 4 members (excludes halogenated alkanes) is 10. The van der Waals surface area contributed by atoms with Crippen molar-refractivity contribution < 1.29 is 19.1 Å². The van der Waals surface area contributed by atoms with Crippen LogP contribution in [0.4, 0.5) is 0 Å². The summed E-state index contributed by atoms with van der Waals surface area (Å²) in [6, 6.07) is 0. The molecule has 0 saturated heterocycles. The van der Waals surface area contributed by atoms with Crippen LogP contribution < -0.4 is 0 Å². The largest absolute Gasteiger partial charge is 0.465 e. The van der Waals surface area contributed by atoms with E-state index in [2.05, 4.69) is 6.92 Å². The minimum Gasteiger partial charge on any atom is -0.465 e. The predicted octanol–water partition coefficient (Wildman–Crippen LogP) is 6.60. The van der Waals surface area contributed by atoms with Crippen LogP contribution in [0.15, 0.2) is 0 Å². The van der Waals surface area contributed by atoms with Crippen molar-refractivity contribution in [3.05, 3.63) is 0 Å². The van der Waals surface area contributed by atoms with E-state index in [1.807, 2.05) is 6.92 Å². The lowest BCUT2D eigenvalue weighted by molar-refractivity contribution is -0.155. The number of carbonyl (C=O) groups is 2. The maximum Gasteiger partial charge on any atom is 0.308 e. The second kappa shape index (κ2) is 16.9. The fraction of sp³-hybridized carbons (Fsp3) is 0.917. The fourth-order valence-corrected chi connectivity index (χ4v) is 3.94. The molecule has 0 aromatic heterocycles. The van der Waals surface area contributed by atoms with E-state index in [-0.39, 0.29) is 23.8 Å². The number of ether oxygens (including phenoxy) is 2. The van der Waals surface area contributed by atoms with Crippen LogP contribution in [-0.2, 0) is 19.1 Å². The van der Waals surface area contributed by atoms with E-state index in [0.717, 1.165) is 44.9 Å². The van der Waals surface area contributed by atoms with Gasteiger partial charge in [0.1, 0.15) is 0 Å². The molecule has 1 aliphatic rings. The molecule has 0 bridgehead atoms. The maximum atomic E-state index is 12.2. The van der Waals surface area contributed by atoms with Crippen molar-refractivity contribution in [1.82, 2.24) is 0 Å². The summed E-state index contributed by atoms with van der Waals surface area (Å²) in [5.74, 6) is -0.202. The van der Waals surface area contributed by atoms with E-state index in [1.54, 1.807) is 0 Å². The average Bonchev–Trinajstić information content (AvgIpc) is 2.72. The Labute approximate surface area is 173 Å². The van der Waals surface area contributed by atoms with Crippen LogP contribution >= 0.6 is 0 Å². The van der Waals surface area contributed by atoms with Crippen LogP contribution in [0.1, 0.15) is 117 Å². The molecular weight excluding hydrogens is 352 g/mol. The highest BCUT2D eigenvalue weighted by atomic mass is 16.5. The van der Waals surface area contributed by atoms with Gasteiger partial charge in [-0.2, -0.15) is 0 Å². The second-order valence-corrected chi connectivity index (χ2v) is 8.42. The van der Waals surface area contributed by atoms with Crippen molar-refractivity contribution in [3.8, 4) is 0 Å². The van der Waals surface area contributed by atoms with E-state index in [1.165, 1.54) is 57.8 Å². The predicted molar refractivity (Wildman–Crippen MR) is 114 cm³/mol. The summed E-state index contributed by atoms with van der Waals surface area (Å²) < 4.78 is 10.7. The van der Waals surface area contributed by atoms with E-state index >= 15 is 0 Å². The Balaban J connectivity index is 1.94. The molecule has 0 aromatic rings. The molecule has 0 N–H and O–H groups in total. The van der Waals surface area contributed by atoms with Crippen LogP contribution in [0.2, 0.25) is 0 Å². The van der Waals surface area contributed by atoms with Gasteiger partial charge in [0.15, 0.2) is 0 Å². The van der Waals surface area contributed by atoms with Gasteiger partial charge in [-0.05, 0) is 38.5 Å². The number of carbonyl (C=O) groups excluding carboxylic acids is 2. The smallest absolute Gasteiger partial charge is 0.308 e. The van der Waals surface area contributed by atoms with Crippen LogP contribution in [-0.4, -0.2) is 25.2 Å². The molecule has 1 fully saturated rings. The molecule has 0 heterocycles. The van der Waals surface area contributed by atoms with Crippen LogP contribution in [0.3, 0.4) is 0 Å². The Kier molecular flexibility index (Phi) is 15.0. The number of esters is 2. The lowest BCUT2D eigenvalue weighted by Crippen LogP contribution is -2.28. The van der Waals surface area contributed by atoms with Gasteiger partial charge in [0.05, 0.1) is 25.0 Å². The average molecular weight is 397 g/mol. The number of hydrogen-bond acceptors (Lipinski definition) is 4. The topological polar surface area (TPSA) is 52.6 Å². The highest BCUT2D eigenvalue weighted by Crippen LogP contribution is 2.30. The van der Waals surface area contributed by atoms with Gasteiger partial charge in [-0.3, -0.25) is 9.59 Å². The molecule has 1 aliphatic carbocycles. The Hall–Kier alpha value is -1.06. The summed E-state index contributed by atoms with van der Waals surface area (Å²) >= 11 is 0. The molecule has 4 heteroatoms. The third-order valence-electron chi connectivity index (χ3n) is 5.83. The van der Waals surface area contributed by atoms with Gasteiger partial charge in [0.2, 0.25) is 0 Å². The van der Waals surface area contributed by atoms with Crippen molar-refractivity contribution in [1.29, 1.82) is 0 Å². The zero-order chi connectivity index (χ0) is 20.5. The molecule has 0 amide bonds. The molecule has 28 heavy (non-hydrogen) atoms. The molecule has 4 nitrogen and oxygen atoms in total. The first kappa shape index (κ1) is 25.0. The third-order valence-corrected chi connectivity index (χ3v) is 5.83. The SMILES string of the molecule is CCCCCCCCCCCCCOC(=O)C1CCC(C(=O)OCCC)CC1. The van der Waals surface area contributed by atoms with Crippen LogP contribution in [0.5, 0.6) is 0 Å². The normalized spacial score (nSPS) is 19.4. The highest BCUT2D eigenvalue weighted by Gasteiger charge is 2.31. The summed E-state index contributed by atoms with van der Waals surface area (Å²) in [5, 5.41) is 0. The summed E-state index contributed by atoms with van der Waals surface area (Å²) in [7, 11) is 0. The molecule has 1 rings (SSSR count). The fourth-order valence-electron chi connectivity index (χ4n) is 3.94. The van der Waals surface area contributed by atoms with Crippen molar-refractivity contribution >= 4 is 11.9 Å². The van der Waals surface area contributed by atoms with E-state index in [9.17, 15) is 9.59 Å². The summed E-state index contributed by atoms with van der Waals surface area (Å²) in [6.45, 7) is 5.30. The first-order valence-corrected chi connectivity index (χ1v) is 12.0. The van der Waals surface area contributed by atoms with Gasteiger partial charge in [-0.25, -0.2) is 0 Å². The number of hydrogen-bond donors (Lipinski definition) is 0. The van der Waals surface area contributed by atoms with Crippen molar-refractivity contribution in [2.24, 2.45) is 11.8 Å². The molecule has 1 saturated carbocycles. The Morgan fingerprint density at radius 1 is 0.571 bits per heavy atom. The van der Waals surface area contributed by atoms with E-state index < -0.39 is 0 Å². The summed E-state index contributed by atoms with van der Waals surface area (Å²) in [6.07, 6.45) is 18.1. The molecule has 0 atom stereocenters. The standard InChI is InChI=1S/C24H44O4/c1-3-5-6-7-8-9-10-11-12-13-14-20-28-24(26)22-17-15-21(16-18-22)23(25)27-19-4-2/h21-22H,3-20H2,1-2H3. The Bertz CT molecular complexity index is 399. The van der Waals surface area contributed by atoms with Crippen molar-refractivity contribution in [3.63, 3.8) is 0 Å². The zero-order valence-corrected chi connectivity index (χ0v) is 18.5. The first-order valence-electron chi connectivity index (χ1n) is 12.0. The van der Waals surface area contributed by atoms with Gasteiger partial charge >= 0.3 is 11.9 Å². The number of rotatable bonds is 16. The Morgan fingerprint density at radius 2 is 0.964 bits per heavy atom. The quantitative estimate of drug-likeness (QED) is 0.218. The maximum absolute atomic E-state index is 12.2. The summed E-state index contributed by atoms with van der Waals surface area (Å²) in [4.78, 5) is 24.1. The van der Waals surface area contributed by atoms with Crippen LogP contribution in [0, 0.1) is 11.8 Å². The molecule has 0 radical (unpaired) electrons.